The summed E-state index contributed by atoms with van der Waals surface area (Å²) in [6, 6.07) is 8.48. The van der Waals surface area contributed by atoms with Crippen molar-refractivity contribution in [1.82, 2.24) is 10.3 Å². The first-order chi connectivity index (χ1) is 14.2. The lowest BCUT2D eigenvalue weighted by Crippen LogP contribution is -2.23. The summed E-state index contributed by atoms with van der Waals surface area (Å²) in [4.78, 5) is 18.9. The van der Waals surface area contributed by atoms with Crippen LogP contribution in [0.1, 0.15) is 50.5 Å². The summed E-state index contributed by atoms with van der Waals surface area (Å²) in [5.74, 6) is 1.63. The molecular formula is C22H31N3OS3. The molecule has 29 heavy (non-hydrogen) atoms. The molecule has 1 amide bonds. The maximum Gasteiger partial charge on any atom is 0.233 e. The fourth-order valence-electron chi connectivity index (χ4n) is 3.79. The van der Waals surface area contributed by atoms with E-state index < -0.39 is 0 Å². The first-order valence-corrected chi connectivity index (χ1v) is 13.5. The first kappa shape index (κ1) is 22.7. The number of nitrogens with one attached hydrogen (secondary N) is 2. The number of benzene rings is 1. The molecule has 158 valence electrons. The Kier molecular flexibility index (Phi) is 9.36. The van der Waals surface area contributed by atoms with E-state index >= 15 is 0 Å². The van der Waals surface area contributed by atoms with Crippen LogP contribution in [-0.2, 0) is 4.79 Å². The van der Waals surface area contributed by atoms with Gasteiger partial charge in [-0.1, -0.05) is 56.1 Å². The topological polar surface area (TPSA) is 54.0 Å². The summed E-state index contributed by atoms with van der Waals surface area (Å²) in [5, 5.41) is 7.13. The van der Waals surface area contributed by atoms with Gasteiger partial charge < -0.3 is 10.6 Å². The van der Waals surface area contributed by atoms with E-state index in [1.54, 1.807) is 34.9 Å². The third kappa shape index (κ3) is 7.02. The Morgan fingerprint density at radius 1 is 1.28 bits per heavy atom. The number of anilines is 1. The standard InChI is InChI=1S/C22H31N3OS3/c1-3-23-12-13-28-20-15-24-22(29-20)25-21(26)19(14-16-6-4-5-7-16)17-8-10-18(27-2)11-9-17/h8-11,15-16,19,23H,3-7,12-14H2,1-2H3,(H,24,25,26). The van der Waals surface area contributed by atoms with Crippen molar-refractivity contribution in [3.8, 4) is 0 Å². The van der Waals surface area contributed by atoms with Crippen LogP contribution in [0.3, 0.4) is 0 Å². The average molecular weight is 450 g/mol. The molecule has 1 aliphatic rings. The van der Waals surface area contributed by atoms with Gasteiger partial charge in [-0.15, -0.1) is 23.5 Å². The molecule has 3 rings (SSSR count). The largest absolute Gasteiger partial charge is 0.316 e. The Balaban J connectivity index is 1.64. The van der Waals surface area contributed by atoms with Gasteiger partial charge in [0.2, 0.25) is 5.91 Å². The molecule has 0 spiro atoms. The molecule has 1 atom stereocenters. The van der Waals surface area contributed by atoms with Gasteiger partial charge in [-0.05, 0) is 42.8 Å². The van der Waals surface area contributed by atoms with Crippen LogP contribution in [0.5, 0.6) is 0 Å². The van der Waals surface area contributed by atoms with Gasteiger partial charge in [-0.3, -0.25) is 4.79 Å². The summed E-state index contributed by atoms with van der Waals surface area (Å²) in [6.07, 6.45) is 9.96. The summed E-state index contributed by atoms with van der Waals surface area (Å²) in [5.41, 5.74) is 1.11. The number of thioether (sulfide) groups is 2. The van der Waals surface area contributed by atoms with Gasteiger partial charge >= 0.3 is 0 Å². The normalized spacial score (nSPS) is 15.5. The van der Waals surface area contributed by atoms with Crippen LogP contribution in [0.25, 0.3) is 0 Å². The van der Waals surface area contributed by atoms with Crippen molar-refractivity contribution >= 4 is 45.9 Å². The molecule has 4 nitrogen and oxygen atoms in total. The third-order valence-corrected chi connectivity index (χ3v) is 8.22. The summed E-state index contributed by atoms with van der Waals surface area (Å²) < 4.78 is 1.15. The lowest BCUT2D eigenvalue weighted by Gasteiger charge is -2.20. The fourth-order valence-corrected chi connectivity index (χ4v) is 6.05. The molecule has 1 aromatic carbocycles. The van der Waals surface area contributed by atoms with Crippen molar-refractivity contribution in [1.29, 1.82) is 0 Å². The number of hydrogen-bond donors (Lipinski definition) is 2. The van der Waals surface area contributed by atoms with Crippen LogP contribution in [0.15, 0.2) is 39.6 Å². The first-order valence-electron chi connectivity index (χ1n) is 10.4. The lowest BCUT2D eigenvalue weighted by molar-refractivity contribution is -0.118. The molecule has 1 saturated carbocycles. The van der Waals surface area contributed by atoms with Gasteiger partial charge in [0.1, 0.15) is 0 Å². The van der Waals surface area contributed by atoms with Crippen molar-refractivity contribution in [3.05, 3.63) is 36.0 Å². The molecular weight excluding hydrogens is 418 g/mol. The molecule has 2 N–H and O–H groups in total. The summed E-state index contributed by atoms with van der Waals surface area (Å²) >= 11 is 5.08. The van der Waals surface area contributed by atoms with Crippen molar-refractivity contribution in [2.45, 2.75) is 54.1 Å². The van der Waals surface area contributed by atoms with Crippen LogP contribution in [-0.4, -0.2) is 36.0 Å². The Hall–Kier alpha value is -1.02. The molecule has 1 aromatic heterocycles. The highest BCUT2D eigenvalue weighted by molar-refractivity contribution is 8.01. The van der Waals surface area contributed by atoms with E-state index in [2.05, 4.69) is 53.1 Å². The molecule has 0 aliphatic heterocycles. The zero-order valence-corrected chi connectivity index (χ0v) is 19.7. The van der Waals surface area contributed by atoms with Gasteiger partial charge in [0.15, 0.2) is 5.13 Å². The maximum atomic E-state index is 13.2. The van der Waals surface area contributed by atoms with Crippen LogP contribution in [0.2, 0.25) is 0 Å². The zero-order valence-electron chi connectivity index (χ0n) is 17.3. The van der Waals surface area contributed by atoms with Crippen molar-refractivity contribution < 1.29 is 4.79 Å². The quantitative estimate of drug-likeness (QED) is 0.332. The van der Waals surface area contributed by atoms with Crippen molar-refractivity contribution in [3.63, 3.8) is 0 Å². The monoisotopic (exact) mass is 449 g/mol. The Bertz CT molecular complexity index is 757. The second-order valence-electron chi connectivity index (χ2n) is 7.39. The number of carbonyl (C=O) groups excluding carboxylic acids is 1. The smallest absolute Gasteiger partial charge is 0.233 e. The highest BCUT2D eigenvalue weighted by Gasteiger charge is 2.27. The SMILES string of the molecule is CCNCCSc1cnc(NC(=O)C(CC2CCCC2)c2ccc(SC)cc2)s1. The third-order valence-electron chi connectivity index (χ3n) is 5.37. The van der Waals surface area contributed by atoms with Crippen LogP contribution >= 0.6 is 34.9 Å². The number of aromatic nitrogens is 1. The van der Waals surface area contributed by atoms with Gasteiger partial charge in [-0.25, -0.2) is 4.98 Å². The van der Waals surface area contributed by atoms with E-state index in [1.807, 2.05) is 6.20 Å². The van der Waals surface area contributed by atoms with E-state index in [1.165, 1.54) is 30.6 Å². The molecule has 1 unspecified atom stereocenters. The van der Waals surface area contributed by atoms with Crippen LogP contribution < -0.4 is 10.6 Å². The minimum absolute atomic E-state index is 0.0763. The molecule has 0 bridgehead atoms. The lowest BCUT2D eigenvalue weighted by atomic mass is 9.87. The second-order valence-corrected chi connectivity index (χ2v) is 10.7. The minimum atomic E-state index is -0.109. The molecule has 1 fully saturated rings. The molecule has 7 heteroatoms. The molecule has 2 aromatic rings. The van der Waals surface area contributed by atoms with Crippen molar-refractivity contribution in [2.75, 3.05) is 30.4 Å². The predicted molar refractivity (Wildman–Crippen MR) is 128 cm³/mol. The van der Waals surface area contributed by atoms with Gasteiger partial charge in [-0.2, -0.15) is 0 Å². The minimum Gasteiger partial charge on any atom is -0.316 e. The Morgan fingerprint density at radius 3 is 2.72 bits per heavy atom. The van der Waals surface area contributed by atoms with E-state index in [-0.39, 0.29) is 11.8 Å². The van der Waals surface area contributed by atoms with E-state index in [9.17, 15) is 4.79 Å². The number of carbonyl (C=O) groups is 1. The summed E-state index contributed by atoms with van der Waals surface area (Å²) in [6.45, 7) is 4.09. The van der Waals surface area contributed by atoms with Crippen LogP contribution in [0.4, 0.5) is 5.13 Å². The zero-order chi connectivity index (χ0) is 20.5. The Labute approximate surface area is 187 Å². The molecule has 0 saturated heterocycles. The molecule has 1 aliphatic carbocycles. The number of rotatable bonds is 11. The Morgan fingerprint density at radius 2 is 2.03 bits per heavy atom. The molecule has 0 radical (unpaired) electrons. The van der Waals surface area contributed by atoms with Gasteiger partial charge in [0.05, 0.1) is 16.3 Å². The van der Waals surface area contributed by atoms with Gasteiger partial charge in [0.25, 0.3) is 0 Å². The van der Waals surface area contributed by atoms with E-state index in [4.69, 9.17) is 0 Å². The highest BCUT2D eigenvalue weighted by Crippen LogP contribution is 2.36. The number of thiazole rings is 1. The van der Waals surface area contributed by atoms with Gasteiger partial charge in [0, 0.05) is 17.2 Å². The number of amides is 1. The van der Waals surface area contributed by atoms with E-state index in [0.717, 1.165) is 35.0 Å². The highest BCUT2D eigenvalue weighted by atomic mass is 32.2. The van der Waals surface area contributed by atoms with Crippen LogP contribution in [0, 0.1) is 5.92 Å². The molecule has 1 heterocycles. The van der Waals surface area contributed by atoms with Crippen molar-refractivity contribution in [2.24, 2.45) is 5.92 Å². The fraction of sp³-hybridized carbons (Fsp3) is 0.545. The predicted octanol–water partition coefficient (Wildman–Crippen LogP) is 5.87. The second kappa shape index (κ2) is 12.0. The number of hydrogen-bond acceptors (Lipinski definition) is 6. The van der Waals surface area contributed by atoms with E-state index in [0.29, 0.717) is 11.0 Å². The number of nitrogens with zero attached hydrogens (tertiary/aromatic N) is 1. The summed E-state index contributed by atoms with van der Waals surface area (Å²) in [7, 11) is 0. The average Bonchev–Trinajstić information content (AvgIpc) is 3.41. The maximum absolute atomic E-state index is 13.2.